The summed E-state index contributed by atoms with van der Waals surface area (Å²) in [4.78, 5) is 16.0. The normalized spacial score (nSPS) is 13.8. The summed E-state index contributed by atoms with van der Waals surface area (Å²) in [6.45, 7) is 1.58. The van der Waals surface area contributed by atoms with Gasteiger partial charge in [0.15, 0.2) is 0 Å². The largest absolute Gasteiger partial charge is 0.341 e. The molecule has 0 bridgehead atoms. The van der Waals surface area contributed by atoms with E-state index in [0.717, 1.165) is 0 Å². The number of aryl methyl sites for hydroxylation is 1. The Labute approximate surface area is 116 Å². The van der Waals surface area contributed by atoms with Crippen molar-refractivity contribution in [1.29, 1.82) is 0 Å². The van der Waals surface area contributed by atoms with Gasteiger partial charge in [0.2, 0.25) is 5.91 Å². The Bertz CT molecular complexity index is 609. The van der Waals surface area contributed by atoms with E-state index in [4.69, 9.17) is 5.73 Å². The predicted molar refractivity (Wildman–Crippen MR) is 73.2 cm³/mol. The lowest BCUT2D eigenvalue weighted by molar-refractivity contribution is -0.122. The number of imidazole rings is 1. The number of nitrogens with two attached hydrogens (primary N) is 1. The van der Waals surface area contributed by atoms with Crippen LogP contribution in [0.2, 0.25) is 0 Å². The SMILES string of the molecule is C[C@@H](N)C(=O)NC(c1ccccc1F)c1nccn1C. The summed E-state index contributed by atoms with van der Waals surface area (Å²) in [5.41, 5.74) is 5.92. The van der Waals surface area contributed by atoms with E-state index in [2.05, 4.69) is 10.3 Å². The zero-order valence-electron chi connectivity index (χ0n) is 11.4. The maximum absolute atomic E-state index is 14.0. The van der Waals surface area contributed by atoms with Crippen molar-refractivity contribution in [3.63, 3.8) is 0 Å². The number of carbonyl (C=O) groups is 1. The van der Waals surface area contributed by atoms with Crippen molar-refractivity contribution in [2.24, 2.45) is 12.8 Å². The summed E-state index contributed by atoms with van der Waals surface area (Å²) >= 11 is 0. The molecule has 0 aliphatic heterocycles. The van der Waals surface area contributed by atoms with Crippen LogP contribution in [0.25, 0.3) is 0 Å². The standard InChI is InChI=1S/C14H17FN4O/c1-9(16)14(20)18-12(13-17-7-8-19(13)2)10-5-3-4-6-11(10)15/h3-9,12H,16H2,1-2H3,(H,18,20)/t9-,12?/m1/s1. The molecule has 1 heterocycles. The second-order valence-electron chi connectivity index (χ2n) is 4.65. The third-order valence-electron chi connectivity index (χ3n) is 3.03. The quantitative estimate of drug-likeness (QED) is 0.878. The van der Waals surface area contributed by atoms with Gasteiger partial charge in [-0.05, 0) is 13.0 Å². The summed E-state index contributed by atoms with van der Waals surface area (Å²) in [5.74, 6) is -0.212. The average molecular weight is 276 g/mol. The molecule has 0 radical (unpaired) electrons. The van der Waals surface area contributed by atoms with E-state index in [9.17, 15) is 9.18 Å². The molecule has 6 heteroatoms. The van der Waals surface area contributed by atoms with Crippen LogP contribution in [-0.2, 0) is 11.8 Å². The van der Waals surface area contributed by atoms with E-state index >= 15 is 0 Å². The van der Waals surface area contributed by atoms with Gasteiger partial charge < -0.3 is 15.6 Å². The number of hydrogen-bond donors (Lipinski definition) is 2. The van der Waals surface area contributed by atoms with Gasteiger partial charge >= 0.3 is 0 Å². The van der Waals surface area contributed by atoms with E-state index in [1.54, 1.807) is 49.1 Å². The van der Waals surface area contributed by atoms with Crippen LogP contribution < -0.4 is 11.1 Å². The summed E-state index contributed by atoms with van der Waals surface area (Å²) in [7, 11) is 1.79. The molecule has 2 atom stereocenters. The smallest absolute Gasteiger partial charge is 0.237 e. The minimum Gasteiger partial charge on any atom is -0.341 e. The Kier molecular flexibility index (Phi) is 4.14. The molecule has 1 amide bonds. The van der Waals surface area contributed by atoms with Crippen LogP contribution >= 0.6 is 0 Å². The van der Waals surface area contributed by atoms with Gasteiger partial charge in [-0.15, -0.1) is 0 Å². The third-order valence-corrected chi connectivity index (χ3v) is 3.03. The van der Waals surface area contributed by atoms with E-state index < -0.39 is 17.9 Å². The number of amides is 1. The maximum atomic E-state index is 14.0. The minimum atomic E-state index is -0.676. The van der Waals surface area contributed by atoms with E-state index in [1.807, 2.05) is 0 Å². The van der Waals surface area contributed by atoms with Gasteiger partial charge in [-0.1, -0.05) is 18.2 Å². The number of halogens is 1. The lowest BCUT2D eigenvalue weighted by Crippen LogP contribution is -2.41. The first kappa shape index (κ1) is 14.2. The Balaban J connectivity index is 2.43. The fourth-order valence-corrected chi connectivity index (χ4v) is 1.92. The molecule has 0 saturated heterocycles. The molecular weight excluding hydrogens is 259 g/mol. The number of nitrogens with one attached hydrogen (secondary N) is 1. The number of benzene rings is 1. The monoisotopic (exact) mass is 276 g/mol. The van der Waals surface area contributed by atoms with Gasteiger partial charge in [0.05, 0.1) is 6.04 Å². The van der Waals surface area contributed by atoms with E-state index in [1.165, 1.54) is 6.07 Å². The molecular formula is C14H17FN4O. The van der Waals surface area contributed by atoms with Crippen LogP contribution in [0, 0.1) is 5.82 Å². The maximum Gasteiger partial charge on any atom is 0.237 e. The molecule has 0 aliphatic rings. The molecule has 2 aromatic rings. The van der Waals surface area contributed by atoms with Crippen LogP contribution in [0.3, 0.4) is 0 Å². The number of carbonyl (C=O) groups excluding carboxylic acids is 1. The number of aromatic nitrogens is 2. The van der Waals surface area contributed by atoms with E-state index in [0.29, 0.717) is 11.4 Å². The highest BCUT2D eigenvalue weighted by Crippen LogP contribution is 2.23. The zero-order chi connectivity index (χ0) is 14.7. The Morgan fingerprint density at radius 1 is 1.45 bits per heavy atom. The highest BCUT2D eigenvalue weighted by Gasteiger charge is 2.24. The molecule has 1 aromatic carbocycles. The molecule has 1 unspecified atom stereocenters. The molecule has 0 fully saturated rings. The molecule has 1 aromatic heterocycles. The lowest BCUT2D eigenvalue weighted by Gasteiger charge is -2.20. The first-order valence-electron chi connectivity index (χ1n) is 6.28. The predicted octanol–water partition coefficient (Wildman–Crippen LogP) is 1.11. The van der Waals surface area contributed by atoms with Crippen LogP contribution in [0.4, 0.5) is 4.39 Å². The summed E-state index contributed by atoms with van der Waals surface area (Å²) in [6.07, 6.45) is 3.34. The summed E-state index contributed by atoms with van der Waals surface area (Å²) in [5, 5.41) is 2.73. The van der Waals surface area contributed by atoms with Crippen LogP contribution in [0.1, 0.15) is 24.4 Å². The van der Waals surface area contributed by atoms with Crippen LogP contribution in [-0.4, -0.2) is 21.5 Å². The lowest BCUT2D eigenvalue weighted by atomic mass is 10.0. The van der Waals surface area contributed by atoms with Gasteiger partial charge in [0.25, 0.3) is 0 Å². The number of hydrogen-bond acceptors (Lipinski definition) is 3. The molecule has 3 N–H and O–H groups in total. The minimum absolute atomic E-state index is 0.357. The van der Waals surface area contributed by atoms with Crippen LogP contribution in [0.15, 0.2) is 36.7 Å². The van der Waals surface area contributed by atoms with E-state index in [-0.39, 0.29) is 5.91 Å². The van der Waals surface area contributed by atoms with Gasteiger partial charge in [0.1, 0.15) is 17.7 Å². The average Bonchev–Trinajstić information content (AvgIpc) is 2.82. The molecule has 0 saturated carbocycles. The first-order valence-corrected chi connectivity index (χ1v) is 6.28. The Hall–Kier alpha value is -2.21. The highest BCUT2D eigenvalue weighted by atomic mass is 19.1. The van der Waals surface area contributed by atoms with Crippen molar-refractivity contribution >= 4 is 5.91 Å². The molecule has 0 aliphatic carbocycles. The molecule has 5 nitrogen and oxygen atoms in total. The second kappa shape index (κ2) is 5.83. The number of rotatable bonds is 4. The molecule has 106 valence electrons. The molecule has 2 rings (SSSR count). The van der Waals surface area contributed by atoms with Gasteiger partial charge in [-0.2, -0.15) is 0 Å². The Morgan fingerprint density at radius 3 is 2.70 bits per heavy atom. The highest BCUT2D eigenvalue weighted by molar-refractivity contribution is 5.81. The molecule has 0 spiro atoms. The van der Waals surface area contributed by atoms with Gasteiger partial charge in [-0.25, -0.2) is 9.37 Å². The van der Waals surface area contributed by atoms with Crippen molar-refractivity contribution in [3.05, 3.63) is 53.9 Å². The van der Waals surface area contributed by atoms with Crippen LogP contribution in [0.5, 0.6) is 0 Å². The summed E-state index contributed by atoms with van der Waals surface area (Å²) < 4.78 is 15.7. The zero-order valence-corrected chi connectivity index (χ0v) is 11.4. The van der Waals surface area contributed by atoms with Crippen molar-refractivity contribution in [2.75, 3.05) is 0 Å². The van der Waals surface area contributed by atoms with Crippen molar-refractivity contribution in [2.45, 2.75) is 19.0 Å². The first-order chi connectivity index (χ1) is 9.50. The van der Waals surface area contributed by atoms with Crippen molar-refractivity contribution < 1.29 is 9.18 Å². The fourth-order valence-electron chi connectivity index (χ4n) is 1.92. The summed E-state index contributed by atoms with van der Waals surface area (Å²) in [6, 6.07) is 4.94. The van der Waals surface area contributed by atoms with Crippen molar-refractivity contribution in [3.8, 4) is 0 Å². The third kappa shape index (κ3) is 2.85. The van der Waals surface area contributed by atoms with Gasteiger partial charge in [0, 0.05) is 25.0 Å². The van der Waals surface area contributed by atoms with Crippen molar-refractivity contribution in [1.82, 2.24) is 14.9 Å². The fraction of sp³-hybridized carbons (Fsp3) is 0.286. The van der Waals surface area contributed by atoms with Gasteiger partial charge in [-0.3, -0.25) is 4.79 Å². The Morgan fingerprint density at radius 2 is 2.15 bits per heavy atom. The second-order valence-corrected chi connectivity index (χ2v) is 4.65. The topological polar surface area (TPSA) is 72.9 Å². The number of nitrogens with zero attached hydrogens (tertiary/aromatic N) is 2. The molecule has 20 heavy (non-hydrogen) atoms.